The highest BCUT2D eigenvalue weighted by molar-refractivity contribution is 14.0. The number of nitrogens with one attached hydrogen (secondary N) is 2. The third-order valence-electron chi connectivity index (χ3n) is 6.22. The number of halogens is 1. The molecule has 0 aromatic heterocycles. The largest absolute Gasteiger partial charge is 0.379 e. The van der Waals surface area contributed by atoms with Crippen LogP contribution < -0.4 is 10.6 Å². The van der Waals surface area contributed by atoms with Gasteiger partial charge in [-0.25, -0.2) is 0 Å². The molecular formula is C23H49IN6O. The van der Waals surface area contributed by atoms with Gasteiger partial charge in [0.2, 0.25) is 0 Å². The molecule has 0 bridgehead atoms. The quantitative estimate of drug-likeness (QED) is 0.168. The van der Waals surface area contributed by atoms with E-state index >= 15 is 0 Å². The standard InChI is InChI=1S/C23H48N6O.HI/c1-5-24-23(25-9-7-8-10-28-13-11-27(6-2)12-14-28)26-20-22(19-21(3)4)29-15-17-30-18-16-29;/h21-22H,5-20H2,1-4H3,(H2,24,25,26);1H. The maximum Gasteiger partial charge on any atom is 0.191 e. The Morgan fingerprint density at radius 3 is 2.23 bits per heavy atom. The van der Waals surface area contributed by atoms with E-state index in [0.717, 1.165) is 51.9 Å². The molecule has 2 N–H and O–H groups in total. The highest BCUT2D eigenvalue weighted by atomic mass is 127. The van der Waals surface area contributed by atoms with Gasteiger partial charge in [0.1, 0.15) is 0 Å². The number of nitrogens with zero attached hydrogens (tertiary/aromatic N) is 4. The third kappa shape index (κ3) is 12.0. The Labute approximate surface area is 208 Å². The fourth-order valence-electron chi connectivity index (χ4n) is 4.36. The van der Waals surface area contributed by atoms with Gasteiger partial charge >= 0.3 is 0 Å². The first-order valence-electron chi connectivity index (χ1n) is 12.4. The van der Waals surface area contributed by atoms with E-state index in [2.05, 4.69) is 53.0 Å². The predicted octanol–water partition coefficient (Wildman–Crippen LogP) is 2.32. The molecule has 2 aliphatic rings. The summed E-state index contributed by atoms with van der Waals surface area (Å²) in [5.74, 6) is 1.65. The first-order chi connectivity index (χ1) is 14.6. The summed E-state index contributed by atoms with van der Waals surface area (Å²) in [5, 5.41) is 6.98. The summed E-state index contributed by atoms with van der Waals surface area (Å²) in [6.07, 6.45) is 3.63. The molecule has 184 valence electrons. The number of morpholine rings is 1. The zero-order valence-corrected chi connectivity index (χ0v) is 22.9. The Bertz CT molecular complexity index is 465. The van der Waals surface area contributed by atoms with Crippen LogP contribution in [0.4, 0.5) is 0 Å². The zero-order valence-electron chi connectivity index (χ0n) is 20.6. The number of hydrogen-bond acceptors (Lipinski definition) is 5. The number of ether oxygens (including phenoxy) is 1. The molecule has 0 aliphatic carbocycles. The second kappa shape index (κ2) is 17.3. The number of hydrogen-bond donors (Lipinski definition) is 2. The van der Waals surface area contributed by atoms with Gasteiger partial charge in [-0.15, -0.1) is 24.0 Å². The van der Waals surface area contributed by atoms with Gasteiger partial charge < -0.3 is 25.2 Å². The fourth-order valence-corrected chi connectivity index (χ4v) is 4.36. The van der Waals surface area contributed by atoms with Crippen LogP contribution in [-0.4, -0.2) is 112 Å². The second-order valence-corrected chi connectivity index (χ2v) is 9.06. The molecule has 0 aromatic rings. The van der Waals surface area contributed by atoms with Gasteiger partial charge in [-0.1, -0.05) is 20.8 Å². The molecule has 0 spiro atoms. The van der Waals surface area contributed by atoms with Crippen molar-refractivity contribution >= 4 is 29.9 Å². The minimum atomic E-state index is 0. The lowest BCUT2D eigenvalue weighted by Gasteiger charge is -2.34. The monoisotopic (exact) mass is 552 g/mol. The van der Waals surface area contributed by atoms with Gasteiger partial charge in [-0.2, -0.15) is 0 Å². The van der Waals surface area contributed by atoms with Gasteiger partial charge in [0.25, 0.3) is 0 Å². The zero-order chi connectivity index (χ0) is 21.6. The molecule has 2 fully saturated rings. The van der Waals surface area contributed by atoms with E-state index in [0.29, 0.717) is 12.0 Å². The van der Waals surface area contributed by atoms with E-state index in [9.17, 15) is 0 Å². The molecule has 2 saturated heterocycles. The van der Waals surface area contributed by atoms with Gasteiger partial charge in [0.05, 0.1) is 19.8 Å². The summed E-state index contributed by atoms with van der Waals surface area (Å²) in [5.41, 5.74) is 0. The minimum absolute atomic E-state index is 0. The maximum absolute atomic E-state index is 5.54. The van der Waals surface area contributed by atoms with Crippen LogP contribution in [0, 0.1) is 5.92 Å². The molecule has 7 nitrogen and oxygen atoms in total. The summed E-state index contributed by atoms with van der Waals surface area (Å²) in [6, 6.07) is 0.506. The van der Waals surface area contributed by atoms with Crippen LogP contribution in [0.25, 0.3) is 0 Å². The van der Waals surface area contributed by atoms with Crippen molar-refractivity contribution in [2.75, 3.05) is 85.2 Å². The van der Waals surface area contributed by atoms with Crippen molar-refractivity contribution in [3.8, 4) is 0 Å². The SMILES string of the molecule is CCNC(=NCC(CC(C)C)N1CCOCC1)NCCCCN1CCN(CC)CC1.I. The molecule has 0 radical (unpaired) electrons. The summed E-state index contributed by atoms with van der Waals surface area (Å²) >= 11 is 0. The Morgan fingerprint density at radius 1 is 0.935 bits per heavy atom. The number of unbranched alkanes of at least 4 members (excludes halogenated alkanes) is 1. The second-order valence-electron chi connectivity index (χ2n) is 9.06. The number of piperazine rings is 1. The van der Waals surface area contributed by atoms with Gasteiger partial charge in [-0.3, -0.25) is 9.89 Å². The molecule has 0 amide bonds. The number of likely N-dealkylation sites (N-methyl/N-ethyl adjacent to an activating group) is 1. The fraction of sp³-hybridized carbons (Fsp3) is 0.957. The van der Waals surface area contributed by atoms with Crippen molar-refractivity contribution in [1.82, 2.24) is 25.3 Å². The van der Waals surface area contributed by atoms with E-state index in [-0.39, 0.29) is 24.0 Å². The van der Waals surface area contributed by atoms with Crippen LogP contribution in [0.1, 0.15) is 47.0 Å². The molecule has 0 saturated carbocycles. The van der Waals surface area contributed by atoms with Crippen molar-refractivity contribution in [2.45, 2.75) is 53.0 Å². The van der Waals surface area contributed by atoms with Gasteiger partial charge in [-0.05, 0) is 45.2 Å². The molecule has 31 heavy (non-hydrogen) atoms. The topological polar surface area (TPSA) is 55.4 Å². The lowest BCUT2D eigenvalue weighted by atomic mass is 10.0. The van der Waals surface area contributed by atoms with Gasteiger partial charge in [0.15, 0.2) is 5.96 Å². The van der Waals surface area contributed by atoms with E-state index in [1.54, 1.807) is 0 Å². The lowest BCUT2D eigenvalue weighted by molar-refractivity contribution is 0.0143. The van der Waals surface area contributed by atoms with E-state index in [1.165, 1.54) is 58.5 Å². The average Bonchev–Trinajstić information content (AvgIpc) is 2.77. The normalized spacial score (nSPS) is 20.5. The van der Waals surface area contributed by atoms with Crippen LogP contribution in [-0.2, 0) is 4.74 Å². The van der Waals surface area contributed by atoms with Crippen molar-refractivity contribution in [3.05, 3.63) is 0 Å². The first-order valence-corrected chi connectivity index (χ1v) is 12.4. The Kier molecular flexibility index (Phi) is 16.1. The van der Waals surface area contributed by atoms with Crippen LogP contribution in [0.15, 0.2) is 4.99 Å². The van der Waals surface area contributed by atoms with Crippen molar-refractivity contribution in [2.24, 2.45) is 10.9 Å². The van der Waals surface area contributed by atoms with Crippen LogP contribution in [0.5, 0.6) is 0 Å². The molecule has 8 heteroatoms. The van der Waals surface area contributed by atoms with Crippen LogP contribution >= 0.6 is 24.0 Å². The molecule has 1 unspecified atom stereocenters. The van der Waals surface area contributed by atoms with Gasteiger partial charge in [0, 0.05) is 58.4 Å². The number of guanidine groups is 1. The third-order valence-corrected chi connectivity index (χ3v) is 6.22. The molecular weight excluding hydrogens is 503 g/mol. The summed E-state index contributed by atoms with van der Waals surface area (Å²) < 4.78 is 5.54. The van der Waals surface area contributed by atoms with Crippen molar-refractivity contribution in [3.63, 3.8) is 0 Å². The Balaban J connectivity index is 0.00000480. The Hall–Kier alpha value is -0.160. The molecule has 1 atom stereocenters. The molecule has 2 aliphatic heterocycles. The summed E-state index contributed by atoms with van der Waals surface area (Å²) in [6.45, 7) is 22.9. The average molecular weight is 553 g/mol. The predicted molar refractivity (Wildman–Crippen MR) is 143 cm³/mol. The van der Waals surface area contributed by atoms with E-state index in [4.69, 9.17) is 9.73 Å². The molecule has 2 rings (SSSR count). The number of aliphatic imine (C=N–C) groups is 1. The lowest BCUT2D eigenvalue weighted by Crippen LogP contribution is -2.46. The molecule has 0 aromatic carbocycles. The van der Waals surface area contributed by atoms with E-state index in [1.807, 2.05) is 0 Å². The highest BCUT2D eigenvalue weighted by Gasteiger charge is 2.22. The maximum atomic E-state index is 5.54. The Morgan fingerprint density at radius 2 is 1.61 bits per heavy atom. The molecule has 2 heterocycles. The van der Waals surface area contributed by atoms with Crippen molar-refractivity contribution in [1.29, 1.82) is 0 Å². The minimum Gasteiger partial charge on any atom is -0.379 e. The summed E-state index contributed by atoms with van der Waals surface area (Å²) in [4.78, 5) is 12.7. The first kappa shape index (κ1) is 28.9. The van der Waals surface area contributed by atoms with Crippen molar-refractivity contribution < 1.29 is 4.74 Å². The smallest absolute Gasteiger partial charge is 0.191 e. The summed E-state index contributed by atoms with van der Waals surface area (Å²) in [7, 11) is 0. The van der Waals surface area contributed by atoms with Crippen LogP contribution in [0.3, 0.4) is 0 Å². The van der Waals surface area contributed by atoms with Crippen LogP contribution in [0.2, 0.25) is 0 Å². The number of rotatable bonds is 12. The highest BCUT2D eigenvalue weighted by Crippen LogP contribution is 2.14. The van der Waals surface area contributed by atoms with E-state index < -0.39 is 0 Å².